The summed E-state index contributed by atoms with van der Waals surface area (Å²) in [5, 5.41) is 4.21. The van der Waals surface area contributed by atoms with E-state index in [9.17, 15) is 0 Å². The van der Waals surface area contributed by atoms with Crippen molar-refractivity contribution in [3.05, 3.63) is 48.3 Å². The summed E-state index contributed by atoms with van der Waals surface area (Å²) < 4.78 is 1.98. The Morgan fingerprint density at radius 2 is 2.00 bits per heavy atom. The van der Waals surface area contributed by atoms with Crippen molar-refractivity contribution in [2.45, 2.75) is 18.4 Å². The number of hydrogen-bond donors (Lipinski definition) is 0. The molecule has 1 aromatic carbocycles. The summed E-state index contributed by atoms with van der Waals surface area (Å²) in [6.07, 6.45) is 3.84. The van der Waals surface area contributed by atoms with Gasteiger partial charge in [0.2, 0.25) is 0 Å². The summed E-state index contributed by atoms with van der Waals surface area (Å²) in [4.78, 5) is 3.70. The molecule has 2 rings (SSSR count). The van der Waals surface area contributed by atoms with Crippen molar-refractivity contribution in [1.29, 1.82) is 0 Å². The van der Waals surface area contributed by atoms with Crippen LogP contribution in [0.2, 0.25) is 0 Å². The van der Waals surface area contributed by atoms with Gasteiger partial charge >= 0.3 is 0 Å². The Morgan fingerprint density at radius 3 is 2.68 bits per heavy atom. The lowest BCUT2D eigenvalue weighted by atomic mass is 10.2. The molecule has 1 aromatic heterocycles. The number of likely N-dealkylation sites (N-methyl/N-ethyl adjacent to an activating group) is 1. The molecule has 1 heterocycles. The Balaban J connectivity index is 1.63. The minimum absolute atomic E-state index is 0.957. The van der Waals surface area contributed by atoms with Gasteiger partial charge in [0, 0.05) is 36.1 Å². The standard InChI is InChI=1S/C15H21N3S/c1-14-4-6-15(7-5-14)19-13-12-17(2)10-11-18-9-3-8-16-18/h3-9H,10-13H2,1-2H3. The summed E-state index contributed by atoms with van der Waals surface area (Å²) in [5.74, 6) is 1.12. The van der Waals surface area contributed by atoms with E-state index in [0.717, 1.165) is 25.4 Å². The van der Waals surface area contributed by atoms with Gasteiger partial charge in [-0.3, -0.25) is 4.68 Å². The number of rotatable bonds is 7. The fourth-order valence-electron chi connectivity index (χ4n) is 1.77. The molecule has 0 saturated carbocycles. The minimum atomic E-state index is 0.957. The lowest BCUT2D eigenvalue weighted by Crippen LogP contribution is -2.25. The molecule has 4 heteroatoms. The van der Waals surface area contributed by atoms with Crippen molar-refractivity contribution < 1.29 is 0 Å². The molecule has 0 saturated heterocycles. The van der Waals surface area contributed by atoms with Crippen molar-refractivity contribution >= 4 is 11.8 Å². The van der Waals surface area contributed by atoms with E-state index >= 15 is 0 Å². The van der Waals surface area contributed by atoms with E-state index in [4.69, 9.17) is 0 Å². The first kappa shape index (κ1) is 14.2. The van der Waals surface area contributed by atoms with Crippen LogP contribution in [0.4, 0.5) is 0 Å². The number of aromatic nitrogens is 2. The molecular formula is C15H21N3S. The molecule has 19 heavy (non-hydrogen) atoms. The quantitative estimate of drug-likeness (QED) is 0.725. The van der Waals surface area contributed by atoms with E-state index in [0.29, 0.717) is 0 Å². The van der Waals surface area contributed by atoms with E-state index in [2.05, 4.69) is 48.2 Å². The van der Waals surface area contributed by atoms with E-state index in [1.807, 2.05) is 34.9 Å². The summed E-state index contributed by atoms with van der Waals surface area (Å²) in [6, 6.07) is 10.7. The Labute approximate surface area is 119 Å². The van der Waals surface area contributed by atoms with Gasteiger partial charge in [-0.1, -0.05) is 17.7 Å². The van der Waals surface area contributed by atoms with E-state index in [1.165, 1.54) is 10.5 Å². The third kappa shape index (κ3) is 5.09. The van der Waals surface area contributed by atoms with Gasteiger partial charge in [-0.25, -0.2) is 0 Å². The molecule has 0 aliphatic rings. The fourth-order valence-corrected chi connectivity index (χ4v) is 2.74. The molecule has 0 spiro atoms. The summed E-state index contributed by atoms with van der Waals surface area (Å²) in [7, 11) is 2.17. The van der Waals surface area contributed by atoms with Crippen LogP contribution in [0.1, 0.15) is 5.56 Å². The molecule has 0 aliphatic heterocycles. The Morgan fingerprint density at radius 1 is 1.21 bits per heavy atom. The zero-order valence-electron chi connectivity index (χ0n) is 11.6. The summed E-state index contributed by atoms with van der Waals surface area (Å²) in [5.41, 5.74) is 1.32. The van der Waals surface area contributed by atoms with Crippen molar-refractivity contribution in [1.82, 2.24) is 14.7 Å². The fraction of sp³-hybridized carbons (Fsp3) is 0.400. The van der Waals surface area contributed by atoms with E-state index < -0.39 is 0 Å². The van der Waals surface area contributed by atoms with Crippen LogP contribution >= 0.6 is 11.8 Å². The molecule has 102 valence electrons. The summed E-state index contributed by atoms with van der Waals surface area (Å²) in [6.45, 7) is 5.21. The molecule has 0 unspecified atom stereocenters. The van der Waals surface area contributed by atoms with Crippen molar-refractivity contribution in [3.63, 3.8) is 0 Å². The lowest BCUT2D eigenvalue weighted by molar-refractivity contribution is 0.330. The number of thioether (sulfide) groups is 1. The van der Waals surface area contributed by atoms with E-state index in [1.54, 1.807) is 0 Å². The van der Waals surface area contributed by atoms with Crippen molar-refractivity contribution in [2.75, 3.05) is 25.9 Å². The average Bonchev–Trinajstić information content (AvgIpc) is 2.92. The maximum absolute atomic E-state index is 4.21. The maximum Gasteiger partial charge on any atom is 0.0536 e. The SMILES string of the molecule is Cc1ccc(SCCN(C)CCn2cccn2)cc1. The van der Waals surface area contributed by atoms with Gasteiger partial charge in [0.1, 0.15) is 0 Å². The highest BCUT2D eigenvalue weighted by atomic mass is 32.2. The van der Waals surface area contributed by atoms with Gasteiger partial charge in [-0.15, -0.1) is 11.8 Å². The van der Waals surface area contributed by atoms with Crippen LogP contribution < -0.4 is 0 Å². The van der Waals surface area contributed by atoms with Crippen LogP contribution in [0.5, 0.6) is 0 Å². The second-order valence-corrected chi connectivity index (χ2v) is 5.90. The smallest absolute Gasteiger partial charge is 0.0536 e. The zero-order valence-corrected chi connectivity index (χ0v) is 12.4. The van der Waals surface area contributed by atoms with Crippen LogP contribution in [-0.2, 0) is 6.54 Å². The first-order valence-electron chi connectivity index (χ1n) is 6.59. The van der Waals surface area contributed by atoms with Crippen LogP contribution in [0.25, 0.3) is 0 Å². The first-order valence-corrected chi connectivity index (χ1v) is 7.58. The van der Waals surface area contributed by atoms with Gasteiger partial charge in [-0.05, 0) is 32.2 Å². The monoisotopic (exact) mass is 275 g/mol. The Hall–Kier alpha value is -1.26. The molecule has 0 bridgehead atoms. The molecule has 0 N–H and O–H groups in total. The molecule has 0 amide bonds. The molecule has 0 fully saturated rings. The van der Waals surface area contributed by atoms with Crippen LogP contribution in [0, 0.1) is 6.92 Å². The Bertz CT molecular complexity index is 465. The predicted molar refractivity (Wildman–Crippen MR) is 81.6 cm³/mol. The molecular weight excluding hydrogens is 254 g/mol. The molecule has 0 radical (unpaired) electrons. The largest absolute Gasteiger partial charge is 0.304 e. The van der Waals surface area contributed by atoms with Gasteiger partial charge < -0.3 is 4.90 Å². The number of nitrogens with zero attached hydrogens (tertiary/aromatic N) is 3. The van der Waals surface area contributed by atoms with Gasteiger partial charge in [0.05, 0.1) is 6.54 Å². The molecule has 0 atom stereocenters. The first-order chi connectivity index (χ1) is 9.24. The van der Waals surface area contributed by atoms with Crippen LogP contribution in [0.15, 0.2) is 47.6 Å². The number of hydrogen-bond acceptors (Lipinski definition) is 3. The van der Waals surface area contributed by atoms with Crippen molar-refractivity contribution in [2.24, 2.45) is 0 Å². The highest BCUT2D eigenvalue weighted by Crippen LogP contribution is 2.17. The molecule has 0 aliphatic carbocycles. The molecule has 3 nitrogen and oxygen atoms in total. The third-order valence-corrected chi connectivity index (χ3v) is 4.02. The van der Waals surface area contributed by atoms with Gasteiger partial charge in [0.15, 0.2) is 0 Å². The second-order valence-electron chi connectivity index (χ2n) is 4.73. The number of benzene rings is 1. The van der Waals surface area contributed by atoms with Gasteiger partial charge in [-0.2, -0.15) is 5.10 Å². The van der Waals surface area contributed by atoms with Gasteiger partial charge in [0.25, 0.3) is 0 Å². The van der Waals surface area contributed by atoms with Crippen molar-refractivity contribution in [3.8, 4) is 0 Å². The minimum Gasteiger partial charge on any atom is -0.304 e. The van der Waals surface area contributed by atoms with Crippen LogP contribution in [0.3, 0.4) is 0 Å². The van der Waals surface area contributed by atoms with Crippen LogP contribution in [-0.4, -0.2) is 40.6 Å². The zero-order chi connectivity index (χ0) is 13.5. The highest BCUT2D eigenvalue weighted by Gasteiger charge is 2.00. The topological polar surface area (TPSA) is 21.1 Å². The highest BCUT2D eigenvalue weighted by molar-refractivity contribution is 7.99. The lowest BCUT2D eigenvalue weighted by Gasteiger charge is -2.16. The van der Waals surface area contributed by atoms with E-state index in [-0.39, 0.29) is 0 Å². The predicted octanol–water partition coefficient (Wildman–Crippen LogP) is 2.92. The molecule has 2 aromatic rings. The maximum atomic E-state index is 4.21. The average molecular weight is 275 g/mol. The summed E-state index contributed by atoms with van der Waals surface area (Å²) >= 11 is 1.92. The Kier molecular flexibility index (Phi) is 5.48. The normalized spacial score (nSPS) is 11.1. The third-order valence-electron chi connectivity index (χ3n) is 3.03. The number of aryl methyl sites for hydroxylation is 1. The second kappa shape index (κ2) is 7.36.